The van der Waals surface area contributed by atoms with Crippen LogP contribution in [0.1, 0.15) is 27.4 Å². The van der Waals surface area contributed by atoms with E-state index in [9.17, 15) is 14.4 Å². The van der Waals surface area contributed by atoms with Gasteiger partial charge in [-0.3, -0.25) is 4.79 Å². The molecule has 1 unspecified atom stereocenters. The van der Waals surface area contributed by atoms with Crippen molar-refractivity contribution in [3.63, 3.8) is 0 Å². The highest BCUT2D eigenvalue weighted by Crippen LogP contribution is 2.30. The fraction of sp³-hybridized carbons (Fsp3) is 0.125. The Bertz CT molecular complexity index is 752. The molecule has 0 fully saturated rings. The van der Waals surface area contributed by atoms with E-state index < -0.39 is 17.5 Å². The maximum Gasteiger partial charge on any atom is 0.186 e. The SMILES string of the molecule is Cc1ccc(C(=O)C(C#N)c2ccc(F)cc2Cl)c(Cl)c1. The van der Waals surface area contributed by atoms with E-state index in [0.29, 0.717) is 0 Å². The molecule has 0 saturated carbocycles. The molecular formula is C16H10Cl2FNO. The second-order valence-electron chi connectivity index (χ2n) is 4.58. The first-order valence-corrected chi connectivity index (χ1v) is 6.84. The molecule has 2 rings (SSSR count). The first-order chi connectivity index (χ1) is 9.93. The van der Waals surface area contributed by atoms with Gasteiger partial charge in [-0.1, -0.05) is 35.3 Å². The molecule has 0 aliphatic rings. The largest absolute Gasteiger partial charge is 0.292 e. The van der Waals surface area contributed by atoms with E-state index in [1.807, 2.05) is 13.0 Å². The molecule has 0 saturated heterocycles. The van der Waals surface area contributed by atoms with E-state index in [-0.39, 0.29) is 21.2 Å². The molecule has 0 bridgehead atoms. The third kappa shape index (κ3) is 3.24. The van der Waals surface area contributed by atoms with E-state index in [4.69, 9.17) is 23.2 Å². The second-order valence-corrected chi connectivity index (χ2v) is 5.39. The summed E-state index contributed by atoms with van der Waals surface area (Å²) in [5.41, 5.74) is 1.42. The summed E-state index contributed by atoms with van der Waals surface area (Å²) in [6.07, 6.45) is 0. The van der Waals surface area contributed by atoms with E-state index in [2.05, 4.69) is 0 Å². The summed E-state index contributed by atoms with van der Waals surface area (Å²) in [4.78, 5) is 12.5. The molecule has 1 atom stereocenters. The van der Waals surface area contributed by atoms with Gasteiger partial charge >= 0.3 is 0 Å². The summed E-state index contributed by atoms with van der Waals surface area (Å²) >= 11 is 12.0. The van der Waals surface area contributed by atoms with E-state index in [0.717, 1.165) is 17.7 Å². The van der Waals surface area contributed by atoms with Crippen LogP contribution in [-0.2, 0) is 0 Å². The van der Waals surface area contributed by atoms with Crippen LogP contribution in [-0.4, -0.2) is 5.78 Å². The monoisotopic (exact) mass is 321 g/mol. The van der Waals surface area contributed by atoms with Crippen LogP contribution in [0.15, 0.2) is 36.4 Å². The number of carbonyl (C=O) groups excluding carboxylic acids is 1. The van der Waals surface area contributed by atoms with Crippen LogP contribution in [0.25, 0.3) is 0 Å². The summed E-state index contributed by atoms with van der Waals surface area (Å²) in [6, 6.07) is 10.4. The third-order valence-electron chi connectivity index (χ3n) is 3.05. The van der Waals surface area contributed by atoms with Crippen LogP contribution in [0.2, 0.25) is 10.0 Å². The number of hydrogen-bond acceptors (Lipinski definition) is 2. The normalized spacial score (nSPS) is 11.8. The summed E-state index contributed by atoms with van der Waals surface area (Å²) < 4.78 is 13.1. The number of nitrogens with zero attached hydrogens (tertiary/aromatic N) is 1. The highest BCUT2D eigenvalue weighted by Gasteiger charge is 2.25. The number of ketones is 1. The van der Waals surface area contributed by atoms with Crippen molar-refractivity contribution in [1.29, 1.82) is 5.26 Å². The van der Waals surface area contributed by atoms with Crippen molar-refractivity contribution in [3.8, 4) is 6.07 Å². The van der Waals surface area contributed by atoms with Gasteiger partial charge in [0.15, 0.2) is 5.78 Å². The first kappa shape index (κ1) is 15.5. The van der Waals surface area contributed by atoms with Crippen molar-refractivity contribution in [2.45, 2.75) is 12.8 Å². The number of rotatable bonds is 3. The fourth-order valence-electron chi connectivity index (χ4n) is 1.98. The number of aryl methyl sites for hydroxylation is 1. The summed E-state index contributed by atoms with van der Waals surface area (Å²) in [7, 11) is 0. The Morgan fingerprint density at radius 1 is 1.19 bits per heavy atom. The van der Waals surface area contributed by atoms with Gasteiger partial charge in [0.1, 0.15) is 11.7 Å². The topological polar surface area (TPSA) is 40.9 Å². The number of nitriles is 1. The molecule has 2 aromatic rings. The molecule has 0 aromatic heterocycles. The molecule has 0 radical (unpaired) electrons. The van der Waals surface area contributed by atoms with Crippen LogP contribution in [0, 0.1) is 24.1 Å². The molecule has 2 nitrogen and oxygen atoms in total. The number of carbonyl (C=O) groups is 1. The summed E-state index contributed by atoms with van der Waals surface area (Å²) in [6.45, 7) is 1.85. The molecule has 106 valence electrons. The number of Topliss-reactive ketones (excluding diaryl/α,β-unsaturated/α-hetero) is 1. The van der Waals surface area contributed by atoms with Gasteiger partial charge < -0.3 is 0 Å². The van der Waals surface area contributed by atoms with Crippen LogP contribution >= 0.6 is 23.2 Å². The van der Waals surface area contributed by atoms with Gasteiger partial charge in [0, 0.05) is 10.6 Å². The molecular weight excluding hydrogens is 312 g/mol. The lowest BCUT2D eigenvalue weighted by Gasteiger charge is -2.12. The fourth-order valence-corrected chi connectivity index (χ4v) is 2.59. The van der Waals surface area contributed by atoms with Crippen molar-refractivity contribution in [3.05, 3.63) is 69.0 Å². The zero-order valence-corrected chi connectivity index (χ0v) is 12.5. The number of halogens is 3. The van der Waals surface area contributed by atoms with Crippen LogP contribution in [0.3, 0.4) is 0 Å². The Labute approximate surface area is 131 Å². The average molecular weight is 322 g/mol. The summed E-state index contributed by atoms with van der Waals surface area (Å²) in [5.74, 6) is -2.12. The predicted octanol–water partition coefficient (Wildman–Crippen LogP) is 4.93. The van der Waals surface area contributed by atoms with Gasteiger partial charge in [-0.15, -0.1) is 0 Å². The summed E-state index contributed by atoms with van der Waals surface area (Å²) in [5, 5.41) is 9.60. The lowest BCUT2D eigenvalue weighted by atomic mass is 9.91. The highest BCUT2D eigenvalue weighted by atomic mass is 35.5. The van der Waals surface area contributed by atoms with Gasteiger partial charge in [-0.25, -0.2) is 4.39 Å². The zero-order chi connectivity index (χ0) is 15.6. The Hall–Kier alpha value is -1.89. The molecule has 5 heteroatoms. The third-order valence-corrected chi connectivity index (χ3v) is 3.69. The van der Waals surface area contributed by atoms with E-state index in [1.54, 1.807) is 18.2 Å². The minimum absolute atomic E-state index is 0.0399. The van der Waals surface area contributed by atoms with Crippen LogP contribution in [0.4, 0.5) is 4.39 Å². The highest BCUT2D eigenvalue weighted by molar-refractivity contribution is 6.35. The van der Waals surface area contributed by atoms with Crippen LogP contribution in [0.5, 0.6) is 0 Å². The minimum Gasteiger partial charge on any atom is -0.292 e. The molecule has 0 N–H and O–H groups in total. The van der Waals surface area contributed by atoms with Crippen molar-refractivity contribution in [1.82, 2.24) is 0 Å². The maximum atomic E-state index is 13.1. The Morgan fingerprint density at radius 3 is 2.48 bits per heavy atom. The Balaban J connectivity index is 2.46. The average Bonchev–Trinajstić information content (AvgIpc) is 2.41. The Kier molecular flexibility index (Phi) is 4.62. The molecule has 0 aliphatic carbocycles. The van der Waals surface area contributed by atoms with Crippen molar-refractivity contribution >= 4 is 29.0 Å². The first-order valence-electron chi connectivity index (χ1n) is 6.09. The van der Waals surface area contributed by atoms with Crippen molar-refractivity contribution in [2.75, 3.05) is 0 Å². The number of benzene rings is 2. The molecule has 0 aliphatic heterocycles. The van der Waals surface area contributed by atoms with E-state index in [1.165, 1.54) is 6.07 Å². The van der Waals surface area contributed by atoms with E-state index >= 15 is 0 Å². The lowest BCUT2D eigenvalue weighted by Crippen LogP contribution is -2.12. The standard InChI is InChI=1S/C16H10Cl2FNO/c1-9-2-4-12(14(17)6-9)16(21)13(8-20)11-5-3-10(19)7-15(11)18/h2-7,13H,1H3. The minimum atomic E-state index is -1.13. The number of hydrogen-bond donors (Lipinski definition) is 0. The molecule has 0 heterocycles. The molecule has 0 spiro atoms. The molecule has 0 amide bonds. The van der Waals surface area contributed by atoms with Gasteiger partial charge in [-0.2, -0.15) is 5.26 Å². The quantitative estimate of drug-likeness (QED) is 0.752. The van der Waals surface area contributed by atoms with Crippen molar-refractivity contribution < 1.29 is 9.18 Å². The second kappa shape index (κ2) is 6.26. The van der Waals surface area contributed by atoms with Gasteiger partial charge in [0.25, 0.3) is 0 Å². The van der Waals surface area contributed by atoms with Gasteiger partial charge in [0.2, 0.25) is 0 Å². The molecule has 2 aromatic carbocycles. The van der Waals surface area contributed by atoms with Crippen molar-refractivity contribution in [2.24, 2.45) is 0 Å². The maximum absolute atomic E-state index is 13.1. The smallest absolute Gasteiger partial charge is 0.186 e. The van der Waals surface area contributed by atoms with Crippen LogP contribution < -0.4 is 0 Å². The molecule has 21 heavy (non-hydrogen) atoms. The predicted molar refractivity (Wildman–Crippen MR) is 80.3 cm³/mol. The van der Waals surface area contributed by atoms with Gasteiger partial charge in [-0.05, 0) is 42.3 Å². The van der Waals surface area contributed by atoms with Gasteiger partial charge in [0.05, 0.1) is 11.1 Å². The lowest BCUT2D eigenvalue weighted by molar-refractivity contribution is 0.0979. The zero-order valence-electron chi connectivity index (χ0n) is 11.0. The Morgan fingerprint density at radius 2 is 1.90 bits per heavy atom.